The van der Waals surface area contributed by atoms with Gasteiger partial charge in [0.2, 0.25) is 0 Å². The smallest absolute Gasteiger partial charge is 0.343 e. The molecule has 0 spiro atoms. The summed E-state index contributed by atoms with van der Waals surface area (Å²) in [5, 5.41) is 0.738. The molecule has 7 nitrogen and oxygen atoms in total. The van der Waals surface area contributed by atoms with Gasteiger partial charge in [0.1, 0.15) is 17.1 Å². The Morgan fingerprint density at radius 3 is 2.31 bits per heavy atom. The molecule has 32 heavy (non-hydrogen) atoms. The van der Waals surface area contributed by atoms with Crippen molar-refractivity contribution in [1.29, 1.82) is 0 Å². The summed E-state index contributed by atoms with van der Waals surface area (Å²) in [6.07, 6.45) is 4.73. The topological polar surface area (TPSA) is 92.0 Å². The molecule has 0 bridgehead atoms. The first-order chi connectivity index (χ1) is 15.5. The summed E-state index contributed by atoms with van der Waals surface area (Å²) in [7, 11) is 0. The van der Waals surface area contributed by atoms with Crippen LogP contribution in [0.1, 0.15) is 36.0 Å². The molecule has 0 amide bonds. The van der Waals surface area contributed by atoms with E-state index in [1.807, 2.05) is 0 Å². The van der Waals surface area contributed by atoms with Crippen molar-refractivity contribution in [3.05, 3.63) is 83.2 Å². The molecule has 7 heteroatoms. The SMILES string of the molecule is C=CC(=O)OCCCCCCOc1ccc(C(=O)Oc2ccc3ccc(=O)oc3c2)cc1. The van der Waals surface area contributed by atoms with Gasteiger partial charge in [-0.25, -0.2) is 14.4 Å². The van der Waals surface area contributed by atoms with Gasteiger partial charge in [-0.2, -0.15) is 0 Å². The lowest BCUT2D eigenvalue weighted by molar-refractivity contribution is -0.137. The lowest BCUT2D eigenvalue weighted by Gasteiger charge is -2.08. The number of ether oxygens (including phenoxy) is 3. The van der Waals surface area contributed by atoms with Gasteiger partial charge in [-0.05, 0) is 68.1 Å². The maximum atomic E-state index is 12.4. The van der Waals surface area contributed by atoms with Crippen molar-refractivity contribution in [2.45, 2.75) is 25.7 Å². The van der Waals surface area contributed by atoms with Crippen molar-refractivity contribution in [3.63, 3.8) is 0 Å². The number of esters is 2. The minimum atomic E-state index is -0.522. The Kier molecular flexibility index (Phi) is 8.20. The normalized spacial score (nSPS) is 10.5. The van der Waals surface area contributed by atoms with Crippen LogP contribution in [-0.4, -0.2) is 25.2 Å². The van der Waals surface area contributed by atoms with E-state index >= 15 is 0 Å². The second-order valence-electron chi connectivity index (χ2n) is 7.00. The van der Waals surface area contributed by atoms with Crippen LogP contribution < -0.4 is 15.1 Å². The third-order valence-corrected chi connectivity index (χ3v) is 4.61. The van der Waals surface area contributed by atoms with Gasteiger partial charge in [0, 0.05) is 23.6 Å². The van der Waals surface area contributed by atoms with Crippen molar-refractivity contribution < 1.29 is 28.2 Å². The highest BCUT2D eigenvalue weighted by atomic mass is 16.5. The Hall–Kier alpha value is -3.87. The number of fused-ring (bicyclic) bond motifs is 1. The molecule has 3 rings (SSSR count). The first kappa shape index (κ1) is 22.8. The summed E-state index contributed by atoms with van der Waals surface area (Å²) in [4.78, 5) is 34.7. The zero-order chi connectivity index (χ0) is 22.8. The molecule has 3 aromatic rings. The van der Waals surface area contributed by atoms with E-state index in [-0.39, 0.29) is 5.75 Å². The van der Waals surface area contributed by atoms with Gasteiger partial charge in [0.05, 0.1) is 18.8 Å². The van der Waals surface area contributed by atoms with Crippen LogP contribution in [-0.2, 0) is 9.53 Å². The maximum Gasteiger partial charge on any atom is 0.343 e. The average Bonchev–Trinajstić information content (AvgIpc) is 2.80. The van der Waals surface area contributed by atoms with Crippen molar-refractivity contribution in [1.82, 2.24) is 0 Å². The van der Waals surface area contributed by atoms with E-state index in [1.165, 1.54) is 12.1 Å². The fraction of sp³-hybridized carbons (Fsp3) is 0.240. The number of unbranched alkanes of at least 4 members (excludes halogenated alkanes) is 3. The molecule has 0 aliphatic carbocycles. The summed E-state index contributed by atoms with van der Waals surface area (Å²) >= 11 is 0. The standard InChI is InChI=1S/C25H24O7/c1-2-23(26)30-16-6-4-3-5-15-29-20-11-8-19(9-12-20)25(28)31-21-13-7-18-10-14-24(27)32-22(18)17-21/h2,7-14,17H,1,3-6,15-16H2. The second kappa shape index (κ2) is 11.5. The Labute approximate surface area is 185 Å². The molecule has 0 unspecified atom stereocenters. The molecule has 166 valence electrons. The molecule has 0 N–H and O–H groups in total. The van der Waals surface area contributed by atoms with Crippen molar-refractivity contribution in [3.8, 4) is 11.5 Å². The third-order valence-electron chi connectivity index (χ3n) is 4.61. The largest absolute Gasteiger partial charge is 0.494 e. The molecular weight excluding hydrogens is 412 g/mol. The molecule has 0 atom stereocenters. The monoisotopic (exact) mass is 436 g/mol. The predicted molar refractivity (Wildman–Crippen MR) is 119 cm³/mol. The van der Waals surface area contributed by atoms with E-state index < -0.39 is 17.6 Å². The Morgan fingerprint density at radius 1 is 0.875 bits per heavy atom. The summed E-state index contributed by atoms with van der Waals surface area (Å²) in [5.41, 5.74) is 0.260. The number of hydrogen-bond donors (Lipinski definition) is 0. The summed E-state index contributed by atoms with van der Waals surface area (Å²) in [6.45, 7) is 4.30. The van der Waals surface area contributed by atoms with Gasteiger partial charge >= 0.3 is 17.6 Å². The van der Waals surface area contributed by atoms with Crippen molar-refractivity contribution >= 4 is 22.9 Å². The minimum absolute atomic E-state index is 0.288. The number of benzene rings is 2. The predicted octanol–water partition coefficient (Wildman–Crippen LogP) is 4.68. The molecule has 0 radical (unpaired) electrons. The Balaban J connectivity index is 1.41. The highest BCUT2D eigenvalue weighted by Gasteiger charge is 2.10. The molecule has 1 heterocycles. The van der Waals surface area contributed by atoms with Crippen LogP contribution in [0.25, 0.3) is 11.0 Å². The highest BCUT2D eigenvalue weighted by molar-refractivity contribution is 5.91. The number of carbonyl (C=O) groups is 2. The van der Waals surface area contributed by atoms with Gasteiger partial charge < -0.3 is 18.6 Å². The summed E-state index contributed by atoms with van der Waals surface area (Å²) < 4.78 is 21.1. The zero-order valence-corrected chi connectivity index (χ0v) is 17.6. The van der Waals surface area contributed by atoms with Gasteiger partial charge in [-0.1, -0.05) is 6.58 Å². The fourth-order valence-electron chi connectivity index (χ4n) is 2.94. The van der Waals surface area contributed by atoms with E-state index in [9.17, 15) is 14.4 Å². The third kappa shape index (κ3) is 6.84. The maximum absolute atomic E-state index is 12.4. The number of hydrogen-bond acceptors (Lipinski definition) is 7. The van der Waals surface area contributed by atoms with Gasteiger partial charge in [0.15, 0.2) is 0 Å². The van der Waals surface area contributed by atoms with E-state index in [0.29, 0.717) is 30.1 Å². The van der Waals surface area contributed by atoms with E-state index in [1.54, 1.807) is 42.5 Å². The molecule has 0 saturated carbocycles. The summed E-state index contributed by atoms with van der Waals surface area (Å²) in [6, 6.07) is 14.5. The molecular formula is C25H24O7. The van der Waals surface area contributed by atoms with Crippen molar-refractivity contribution in [2.24, 2.45) is 0 Å². The lowest BCUT2D eigenvalue weighted by Crippen LogP contribution is -2.08. The number of carbonyl (C=O) groups excluding carboxylic acids is 2. The van der Waals surface area contributed by atoms with Gasteiger partial charge in [0.25, 0.3) is 0 Å². The van der Waals surface area contributed by atoms with Gasteiger partial charge in [-0.15, -0.1) is 0 Å². The first-order valence-corrected chi connectivity index (χ1v) is 10.3. The zero-order valence-electron chi connectivity index (χ0n) is 17.6. The van der Waals surface area contributed by atoms with E-state index in [2.05, 4.69) is 6.58 Å². The van der Waals surface area contributed by atoms with Crippen LogP contribution in [0.2, 0.25) is 0 Å². The van der Waals surface area contributed by atoms with Crippen LogP contribution in [0.15, 0.2) is 76.5 Å². The molecule has 0 saturated heterocycles. The van der Waals surface area contributed by atoms with Crippen LogP contribution in [0.3, 0.4) is 0 Å². The van der Waals surface area contributed by atoms with E-state index in [0.717, 1.165) is 37.1 Å². The quantitative estimate of drug-likeness (QED) is 0.142. The minimum Gasteiger partial charge on any atom is -0.494 e. The molecule has 0 fully saturated rings. The molecule has 0 aliphatic heterocycles. The van der Waals surface area contributed by atoms with Crippen LogP contribution in [0, 0.1) is 0 Å². The fourth-order valence-corrected chi connectivity index (χ4v) is 2.94. The molecule has 1 aromatic heterocycles. The Bertz CT molecular complexity index is 1130. The van der Waals surface area contributed by atoms with Crippen LogP contribution >= 0.6 is 0 Å². The van der Waals surface area contributed by atoms with Crippen LogP contribution in [0.5, 0.6) is 11.5 Å². The number of rotatable bonds is 11. The average molecular weight is 436 g/mol. The molecule has 0 aliphatic rings. The second-order valence-corrected chi connectivity index (χ2v) is 7.00. The van der Waals surface area contributed by atoms with Crippen molar-refractivity contribution in [2.75, 3.05) is 13.2 Å². The van der Waals surface area contributed by atoms with Crippen LogP contribution in [0.4, 0.5) is 0 Å². The molecule has 2 aromatic carbocycles. The highest BCUT2D eigenvalue weighted by Crippen LogP contribution is 2.21. The first-order valence-electron chi connectivity index (χ1n) is 10.3. The van der Waals surface area contributed by atoms with Gasteiger partial charge in [-0.3, -0.25) is 0 Å². The lowest BCUT2D eigenvalue weighted by atomic mass is 10.2. The Morgan fingerprint density at radius 2 is 1.56 bits per heavy atom. The van der Waals surface area contributed by atoms with E-state index in [4.69, 9.17) is 18.6 Å². The summed E-state index contributed by atoms with van der Waals surface area (Å²) in [5.74, 6) is 0.0305.